The second kappa shape index (κ2) is 7.66. The van der Waals surface area contributed by atoms with Crippen molar-refractivity contribution in [3.63, 3.8) is 0 Å². The fraction of sp³-hybridized carbons (Fsp3) is 0.143. The number of alkyl halides is 2. The van der Waals surface area contributed by atoms with E-state index in [0.29, 0.717) is 0 Å². The summed E-state index contributed by atoms with van der Waals surface area (Å²) in [6.45, 7) is -1.07. The highest BCUT2D eigenvalue weighted by Gasteiger charge is 2.20. The largest absolute Gasteiger partial charge is 0.512 e. The third-order valence-corrected chi connectivity index (χ3v) is 3.50. The number of anilines is 1. The van der Waals surface area contributed by atoms with Crippen molar-refractivity contribution in [2.24, 2.45) is 0 Å². The lowest BCUT2D eigenvalue weighted by atomic mass is 10.1. The molecule has 1 heterocycles. The summed E-state index contributed by atoms with van der Waals surface area (Å²) in [5.74, 6) is -2.24. The molecule has 1 aromatic carbocycles. The van der Waals surface area contributed by atoms with Crippen LogP contribution in [-0.4, -0.2) is 29.3 Å². The van der Waals surface area contributed by atoms with Gasteiger partial charge in [-0.2, -0.15) is 0 Å². The van der Waals surface area contributed by atoms with Gasteiger partial charge in [-0.3, -0.25) is 0 Å². The minimum atomic E-state index is -2.83. The number of carboxylic acid groups (broad SMARTS) is 1. The molecule has 0 aliphatic heterocycles. The summed E-state index contributed by atoms with van der Waals surface area (Å²) in [6, 6.07) is 3.54. The molecule has 0 bridgehead atoms. The summed E-state index contributed by atoms with van der Waals surface area (Å²) < 4.78 is 48.2. The highest BCUT2D eigenvalue weighted by Crippen LogP contribution is 2.38. The van der Waals surface area contributed by atoms with Gasteiger partial charge in [-0.15, -0.1) is 0 Å². The maximum absolute atomic E-state index is 14.6. The Morgan fingerprint density at radius 3 is 2.64 bits per heavy atom. The molecule has 0 unspecified atom stereocenters. The quantitative estimate of drug-likeness (QED) is 0.723. The van der Waals surface area contributed by atoms with Crippen LogP contribution >= 0.6 is 23.2 Å². The number of hydrogen-bond acceptors (Lipinski definition) is 5. The number of nitrogens with two attached hydrogens (primary N) is 1. The van der Waals surface area contributed by atoms with Crippen molar-refractivity contribution in [3.8, 4) is 22.9 Å². The lowest BCUT2D eigenvalue weighted by Crippen LogP contribution is -2.09. The van der Waals surface area contributed by atoms with E-state index in [4.69, 9.17) is 34.0 Å². The average Bonchev–Trinajstić information content (AvgIpc) is 2.51. The molecular weight excluding hydrogens is 388 g/mol. The van der Waals surface area contributed by atoms with Crippen molar-refractivity contribution in [2.75, 3.05) is 12.3 Å². The average molecular weight is 397 g/mol. The van der Waals surface area contributed by atoms with Crippen LogP contribution in [0.5, 0.6) is 11.6 Å². The van der Waals surface area contributed by atoms with E-state index in [2.05, 4.69) is 14.5 Å². The lowest BCUT2D eigenvalue weighted by Gasteiger charge is -2.13. The van der Waals surface area contributed by atoms with E-state index in [0.717, 1.165) is 6.07 Å². The summed E-state index contributed by atoms with van der Waals surface area (Å²) in [5.41, 5.74) is 5.11. The van der Waals surface area contributed by atoms with Crippen LogP contribution in [0.4, 0.5) is 23.7 Å². The molecule has 0 atom stereocenters. The molecule has 0 saturated carbocycles. The fourth-order valence-corrected chi connectivity index (χ4v) is 2.16. The highest BCUT2D eigenvalue weighted by atomic mass is 35.5. The van der Waals surface area contributed by atoms with Crippen LogP contribution in [0.1, 0.15) is 0 Å². The molecule has 11 heteroatoms. The number of hydrogen-bond donors (Lipinski definition) is 2. The second-order valence-electron chi connectivity index (χ2n) is 4.52. The zero-order chi connectivity index (χ0) is 18.7. The molecular formula is C14H9Cl2F3N2O4. The van der Waals surface area contributed by atoms with Gasteiger partial charge < -0.3 is 20.3 Å². The highest BCUT2D eigenvalue weighted by molar-refractivity contribution is 6.34. The van der Waals surface area contributed by atoms with E-state index < -0.39 is 36.6 Å². The van der Waals surface area contributed by atoms with Crippen molar-refractivity contribution >= 4 is 35.0 Å². The van der Waals surface area contributed by atoms with Crippen molar-refractivity contribution in [1.29, 1.82) is 0 Å². The van der Waals surface area contributed by atoms with Crippen molar-refractivity contribution in [2.45, 2.75) is 6.43 Å². The summed E-state index contributed by atoms with van der Waals surface area (Å²) in [5, 5.41) is 8.14. The Morgan fingerprint density at radius 1 is 1.36 bits per heavy atom. The Hall–Kier alpha value is -2.39. The number of halogens is 5. The number of rotatable bonds is 5. The third-order valence-electron chi connectivity index (χ3n) is 2.82. The second-order valence-corrected chi connectivity index (χ2v) is 5.31. The molecule has 3 N–H and O–H groups in total. The summed E-state index contributed by atoms with van der Waals surface area (Å²) in [6.07, 6.45) is -4.54. The first-order valence-electron chi connectivity index (χ1n) is 6.46. The van der Waals surface area contributed by atoms with Crippen LogP contribution in [-0.2, 0) is 0 Å². The maximum atomic E-state index is 14.6. The van der Waals surface area contributed by atoms with Crippen LogP contribution in [0.15, 0.2) is 18.2 Å². The number of ether oxygens (including phenoxy) is 2. The fourth-order valence-electron chi connectivity index (χ4n) is 1.82. The number of carbonyl (C=O) groups is 1. The van der Waals surface area contributed by atoms with E-state index >= 15 is 0 Å². The van der Waals surface area contributed by atoms with Crippen LogP contribution in [0.25, 0.3) is 11.3 Å². The zero-order valence-corrected chi connectivity index (χ0v) is 13.6. The van der Waals surface area contributed by atoms with E-state index in [1.54, 1.807) is 0 Å². The molecule has 0 aliphatic rings. The van der Waals surface area contributed by atoms with Gasteiger partial charge in [0, 0.05) is 5.56 Å². The standard InChI is InChI=1S/C14H9Cl2F3N2O4/c15-6-2-1-5(11(19)12(6)24-4-9(17)18)8-3-7(20)10(16)13(21-8)25-14(22)23/h1-3,9H,4H2,(H2,20,21)(H,22,23). The van der Waals surface area contributed by atoms with Gasteiger partial charge in [-0.25, -0.2) is 22.9 Å². The van der Waals surface area contributed by atoms with Crippen LogP contribution in [0.3, 0.4) is 0 Å². The normalized spacial score (nSPS) is 10.8. The van der Waals surface area contributed by atoms with E-state index in [-0.39, 0.29) is 27.0 Å². The molecule has 0 fully saturated rings. The third kappa shape index (κ3) is 4.37. The SMILES string of the molecule is Nc1cc(-c2ccc(Cl)c(OCC(F)F)c2F)nc(OC(=O)O)c1Cl. The van der Waals surface area contributed by atoms with E-state index in [1.165, 1.54) is 12.1 Å². The number of nitrogen functional groups attached to an aromatic ring is 1. The monoisotopic (exact) mass is 396 g/mol. The topological polar surface area (TPSA) is 94.7 Å². The molecule has 2 aromatic rings. The molecule has 1 aromatic heterocycles. The maximum Gasteiger partial charge on any atom is 0.512 e. The van der Waals surface area contributed by atoms with E-state index in [1.807, 2.05) is 0 Å². The number of benzene rings is 1. The molecule has 0 amide bonds. The number of nitrogens with zero attached hydrogens (tertiary/aromatic N) is 1. The van der Waals surface area contributed by atoms with Gasteiger partial charge in [0.1, 0.15) is 11.6 Å². The van der Waals surface area contributed by atoms with Crippen molar-refractivity contribution < 1.29 is 32.5 Å². The Balaban J connectivity index is 2.53. The predicted molar refractivity (Wildman–Crippen MR) is 84.2 cm³/mol. The first-order valence-corrected chi connectivity index (χ1v) is 7.22. The molecule has 25 heavy (non-hydrogen) atoms. The van der Waals surface area contributed by atoms with Gasteiger partial charge in [0.05, 0.1) is 16.4 Å². The molecule has 0 spiro atoms. The van der Waals surface area contributed by atoms with Crippen LogP contribution < -0.4 is 15.2 Å². The van der Waals surface area contributed by atoms with Gasteiger partial charge >= 0.3 is 6.16 Å². The van der Waals surface area contributed by atoms with Gasteiger partial charge in [0.25, 0.3) is 6.43 Å². The van der Waals surface area contributed by atoms with Crippen LogP contribution in [0.2, 0.25) is 10.0 Å². The zero-order valence-electron chi connectivity index (χ0n) is 12.1. The molecule has 134 valence electrons. The molecule has 0 saturated heterocycles. The van der Waals surface area contributed by atoms with Gasteiger partial charge in [-0.1, -0.05) is 23.2 Å². The van der Waals surface area contributed by atoms with Gasteiger partial charge in [0.15, 0.2) is 11.6 Å². The van der Waals surface area contributed by atoms with Crippen molar-refractivity contribution in [3.05, 3.63) is 34.1 Å². The Bertz CT molecular complexity index is 821. The minimum absolute atomic E-state index is 0.132. The first kappa shape index (κ1) is 18.9. The summed E-state index contributed by atoms with van der Waals surface area (Å²) in [4.78, 5) is 14.4. The molecule has 0 radical (unpaired) electrons. The Labute approximate surface area is 148 Å². The molecule has 0 aliphatic carbocycles. The first-order chi connectivity index (χ1) is 11.7. The predicted octanol–water partition coefficient (Wildman–Crippen LogP) is 4.48. The summed E-state index contributed by atoms with van der Waals surface area (Å²) >= 11 is 11.5. The Kier molecular flexibility index (Phi) is 5.81. The number of pyridine rings is 1. The van der Waals surface area contributed by atoms with Gasteiger partial charge in [0.2, 0.25) is 5.88 Å². The summed E-state index contributed by atoms with van der Waals surface area (Å²) in [7, 11) is 0. The van der Waals surface area contributed by atoms with Crippen molar-refractivity contribution in [1.82, 2.24) is 4.98 Å². The number of aromatic nitrogens is 1. The lowest BCUT2D eigenvalue weighted by molar-refractivity contribution is 0.0800. The molecule has 2 rings (SSSR count). The van der Waals surface area contributed by atoms with E-state index in [9.17, 15) is 18.0 Å². The smallest absolute Gasteiger partial charge is 0.483 e. The van der Waals surface area contributed by atoms with Crippen LogP contribution in [0, 0.1) is 5.82 Å². The molecule has 6 nitrogen and oxygen atoms in total. The van der Waals surface area contributed by atoms with Gasteiger partial charge in [-0.05, 0) is 18.2 Å². The minimum Gasteiger partial charge on any atom is -0.483 e. The Morgan fingerprint density at radius 2 is 2.04 bits per heavy atom.